The molecule has 0 bridgehead atoms. The van der Waals surface area contributed by atoms with Gasteiger partial charge in [-0.1, -0.05) is 43.6 Å². The van der Waals surface area contributed by atoms with Crippen LogP contribution >= 0.6 is 11.6 Å². The number of hydrogen-bond acceptors (Lipinski definition) is 2. The van der Waals surface area contributed by atoms with E-state index in [4.69, 9.17) is 21.4 Å². The lowest BCUT2D eigenvalue weighted by Gasteiger charge is -2.31. The lowest BCUT2D eigenvalue weighted by atomic mass is 9.79. The summed E-state index contributed by atoms with van der Waals surface area (Å²) in [6, 6.07) is 7.20. The summed E-state index contributed by atoms with van der Waals surface area (Å²) >= 11 is 6.07. The zero-order valence-electron chi connectivity index (χ0n) is 9.53. The van der Waals surface area contributed by atoms with Gasteiger partial charge in [0.1, 0.15) is 0 Å². The van der Waals surface area contributed by atoms with Crippen molar-refractivity contribution in [1.82, 2.24) is 0 Å². The summed E-state index contributed by atoms with van der Waals surface area (Å²) in [7, 11) is 1.39. The molecule has 0 spiro atoms. The first-order valence-corrected chi connectivity index (χ1v) is 5.29. The van der Waals surface area contributed by atoms with Crippen molar-refractivity contribution in [2.24, 2.45) is 0 Å². The van der Waals surface area contributed by atoms with Crippen molar-refractivity contribution in [3.05, 3.63) is 34.9 Å². The van der Waals surface area contributed by atoms with Gasteiger partial charge in [0.15, 0.2) is 6.10 Å². The average molecular weight is 243 g/mol. The van der Waals surface area contributed by atoms with Gasteiger partial charge in [-0.15, -0.1) is 0 Å². The standard InChI is InChI=1S/C12H15ClO3/c1-12(2,10(16-3)11(14)15)8-6-4-5-7-9(8)13/h4-7,10H,1-3H3,(H,14,15). The van der Waals surface area contributed by atoms with Gasteiger partial charge in [-0.3, -0.25) is 0 Å². The largest absolute Gasteiger partial charge is 0.479 e. The molecule has 1 aromatic carbocycles. The number of ether oxygens (including phenoxy) is 1. The molecule has 1 unspecified atom stereocenters. The number of carboxylic acids is 1. The van der Waals surface area contributed by atoms with Crippen LogP contribution in [-0.4, -0.2) is 24.3 Å². The van der Waals surface area contributed by atoms with Crippen molar-refractivity contribution in [1.29, 1.82) is 0 Å². The third-order valence-corrected chi connectivity index (χ3v) is 3.01. The minimum absolute atomic E-state index is 0.552. The number of aliphatic carboxylic acids is 1. The lowest BCUT2D eigenvalue weighted by molar-refractivity contribution is -0.152. The Morgan fingerprint density at radius 3 is 2.44 bits per heavy atom. The maximum atomic E-state index is 11.1. The van der Waals surface area contributed by atoms with Gasteiger partial charge >= 0.3 is 5.97 Å². The van der Waals surface area contributed by atoms with E-state index in [1.807, 2.05) is 18.2 Å². The molecule has 0 aliphatic carbocycles. The second-order valence-corrected chi connectivity index (χ2v) is 4.56. The van der Waals surface area contributed by atoms with Crippen LogP contribution in [0.1, 0.15) is 19.4 Å². The Balaban J connectivity index is 3.19. The van der Waals surface area contributed by atoms with Crippen LogP contribution in [0.3, 0.4) is 0 Å². The molecule has 0 aromatic heterocycles. The molecule has 0 aliphatic rings. The summed E-state index contributed by atoms with van der Waals surface area (Å²) in [5.74, 6) is -0.993. The smallest absolute Gasteiger partial charge is 0.333 e. The summed E-state index contributed by atoms with van der Waals surface area (Å²) in [5, 5.41) is 9.64. The highest BCUT2D eigenvalue weighted by atomic mass is 35.5. The lowest BCUT2D eigenvalue weighted by Crippen LogP contribution is -2.41. The maximum absolute atomic E-state index is 11.1. The van der Waals surface area contributed by atoms with Crippen LogP contribution in [0.15, 0.2) is 24.3 Å². The Labute approximate surface area is 100.0 Å². The molecule has 0 saturated heterocycles. The zero-order chi connectivity index (χ0) is 12.3. The van der Waals surface area contributed by atoms with E-state index >= 15 is 0 Å². The molecule has 0 aliphatic heterocycles. The maximum Gasteiger partial charge on any atom is 0.333 e. The van der Waals surface area contributed by atoms with Gasteiger partial charge in [-0.2, -0.15) is 0 Å². The molecule has 1 aromatic rings. The minimum Gasteiger partial charge on any atom is -0.479 e. The minimum atomic E-state index is -0.993. The van der Waals surface area contributed by atoms with E-state index in [2.05, 4.69) is 0 Å². The predicted molar refractivity (Wildman–Crippen MR) is 62.9 cm³/mol. The van der Waals surface area contributed by atoms with Crippen LogP contribution in [0.4, 0.5) is 0 Å². The van der Waals surface area contributed by atoms with Crippen LogP contribution in [0.2, 0.25) is 5.02 Å². The first-order valence-electron chi connectivity index (χ1n) is 4.92. The van der Waals surface area contributed by atoms with E-state index in [9.17, 15) is 4.79 Å². The van der Waals surface area contributed by atoms with E-state index in [0.717, 1.165) is 5.56 Å². The molecular weight excluding hydrogens is 228 g/mol. The third-order valence-electron chi connectivity index (χ3n) is 2.68. The van der Waals surface area contributed by atoms with Crippen molar-refractivity contribution < 1.29 is 14.6 Å². The number of rotatable bonds is 4. The normalized spacial score (nSPS) is 13.5. The van der Waals surface area contributed by atoms with Crippen LogP contribution in [0.5, 0.6) is 0 Å². The summed E-state index contributed by atoms with van der Waals surface area (Å²) in [5.41, 5.74) is 0.0877. The Kier molecular flexibility index (Phi) is 3.94. The van der Waals surface area contributed by atoms with E-state index < -0.39 is 17.5 Å². The average Bonchev–Trinajstić information content (AvgIpc) is 2.17. The topological polar surface area (TPSA) is 46.5 Å². The fourth-order valence-electron chi connectivity index (χ4n) is 1.83. The Morgan fingerprint density at radius 1 is 1.44 bits per heavy atom. The zero-order valence-corrected chi connectivity index (χ0v) is 10.3. The van der Waals surface area contributed by atoms with E-state index in [1.54, 1.807) is 19.9 Å². The van der Waals surface area contributed by atoms with Crippen molar-refractivity contribution in [3.8, 4) is 0 Å². The van der Waals surface area contributed by atoms with Crippen LogP contribution in [-0.2, 0) is 14.9 Å². The van der Waals surface area contributed by atoms with Gasteiger partial charge in [-0.25, -0.2) is 4.79 Å². The first kappa shape index (κ1) is 13.0. The number of carboxylic acid groups (broad SMARTS) is 1. The summed E-state index contributed by atoms with van der Waals surface area (Å²) in [6.45, 7) is 3.60. The Hall–Kier alpha value is -1.06. The van der Waals surface area contributed by atoms with Gasteiger partial charge in [0.25, 0.3) is 0 Å². The van der Waals surface area contributed by atoms with Crippen molar-refractivity contribution in [2.75, 3.05) is 7.11 Å². The molecule has 4 heteroatoms. The molecule has 1 N–H and O–H groups in total. The molecule has 0 amide bonds. The van der Waals surface area contributed by atoms with Crippen LogP contribution in [0, 0.1) is 0 Å². The van der Waals surface area contributed by atoms with Crippen LogP contribution in [0.25, 0.3) is 0 Å². The molecular formula is C12H15ClO3. The van der Waals surface area contributed by atoms with Crippen molar-refractivity contribution >= 4 is 17.6 Å². The molecule has 1 rings (SSSR count). The van der Waals surface area contributed by atoms with Gasteiger partial charge in [-0.05, 0) is 11.6 Å². The van der Waals surface area contributed by atoms with Crippen molar-refractivity contribution in [3.63, 3.8) is 0 Å². The Morgan fingerprint density at radius 2 is 2.00 bits per heavy atom. The highest BCUT2D eigenvalue weighted by Crippen LogP contribution is 2.33. The molecule has 1 atom stereocenters. The van der Waals surface area contributed by atoms with E-state index in [0.29, 0.717) is 5.02 Å². The van der Waals surface area contributed by atoms with Crippen molar-refractivity contribution in [2.45, 2.75) is 25.4 Å². The summed E-state index contributed by atoms with van der Waals surface area (Å²) in [4.78, 5) is 11.1. The first-order chi connectivity index (χ1) is 7.41. The van der Waals surface area contributed by atoms with Gasteiger partial charge < -0.3 is 9.84 Å². The second kappa shape index (κ2) is 4.85. The fraction of sp³-hybridized carbons (Fsp3) is 0.417. The summed E-state index contributed by atoms with van der Waals surface area (Å²) in [6.07, 6.45) is -0.924. The second-order valence-electron chi connectivity index (χ2n) is 4.16. The molecule has 0 radical (unpaired) electrons. The molecule has 16 heavy (non-hydrogen) atoms. The quantitative estimate of drug-likeness (QED) is 0.883. The van der Waals surface area contributed by atoms with E-state index in [1.165, 1.54) is 7.11 Å². The fourth-order valence-corrected chi connectivity index (χ4v) is 2.21. The van der Waals surface area contributed by atoms with E-state index in [-0.39, 0.29) is 0 Å². The predicted octanol–water partition coefficient (Wildman–Crippen LogP) is 2.72. The summed E-state index contributed by atoms with van der Waals surface area (Å²) < 4.78 is 5.03. The molecule has 0 heterocycles. The highest BCUT2D eigenvalue weighted by Gasteiger charge is 2.38. The van der Waals surface area contributed by atoms with Crippen LogP contribution < -0.4 is 0 Å². The SMILES string of the molecule is COC(C(=O)O)C(C)(C)c1ccccc1Cl. The Bertz CT molecular complexity index is 388. The number of benzene rings is 1. The van der Waals surface area contributed by atoms with Gasteiger partial charge in [0.05, 0.1) is 0 Å². The van der Waals surface area contributed by atoms with Gasteiger partial charge in [0, 0.05) is 17.5 Å². The number of methoxy groups -OCH3 is 1. The highest BCUT2D eigenvalue weighted by molar-refractivity contribution is 6.31. The number of halogens is 1. The molecule has 0 saturated carbocycles. The molecule has 0 fully saturated rings. The third kappa shape index (κ3) is 2.36. The molecule has 88 valence electrons. The molecule has 3 nitrogen and oxygen atoms in total. The monoisotopic (exact) mass is 242 g/mol. The number of hydrogen-bond donors (Lipinski definition) is 1. The number of carbonyl (C=O) groups is 1. The van der Waals surface area contributed by atoms with Gasteiger partial charge in [0.2, 0.25) is 0 Å².